The van der Waals surface area contributed by atoms with Gasteiger partial charge in [0.2, 0.25) is 0 Å². The molecule has 0 saturated carbocycles. The van der Waals surface area contributed by atoms with Crippen molar-refractivity contribution >= 4 is 22.5 Å². The lowest BCUT2D eigenvalue weighted by Crippen LogP contribution is -2.49. The molecule has 0 unspecified atom stereocenters. The first kappa shape index (κ1) is 16.5. The van der Waals surface area contributed by atoms with Crippen LogP contribution in [-0.2, 0) is 9.53 Å². The number of ether oxygens (including phenoxy) is 2. The summed E-state index contributed by atoms with van der Waals surface area (Å²) in [6, 6.07) is 7.95. The molecule has 0 aliphatic carbocycles. The van der Waals surface area contributed by atoms with Gasteiger partial charge in [0.1, 0.15) is 11.3 Å². The number of amides is 1. The average molecular weight is 329 g/mol. The van der Waals surface area contributed by atoms with E-state index in [2.05, 4.69) is 22.1 Å². The van der Waals surface area contributed by atoms with Gasteiger partial charge in [0.15, 0.2) is 6.10 Å². The largest absolute Gasteiger partial charge is 0.491 e. The molecular weight excluding hydrogens is 306 g/mol. The lowest BCUT2D eigenvalue weighted by Gasteiger charge is -2.34. The SMILES string of the molecule is CCCOc1cccc2c(N3CCO[C@@H](C(=O)NC)C3)ccnc12. The molecule has 1 aliphatic heterocycles. The lowest BCUT2D eigenvalue weighted by atomic mass is 10.1. The molecule has 1 fully saturated rings. The molecule has 1 aliphatic rings. The van der Waals surface area contributed by atoms with Crippen LogP contribution >= 0.6 is 0 Å². The molecule has 1 atom stereocenters. The van der Waals surface area contributed by atoms with Crippen LogP contribution in [0, 0.1) is 0 Å². The van der Waals surface area contributed by atoms with Crippen LogP contribution in [0.4, 0.5) is 5.69 Å². The number of benzene rings is 1. The van der Waals surface area contributed by atoms with Gasteiger partial charge >= 0.3 is 0 Å². The van der Waals surface area contributed by atoms with E-state index in [-0.39, 0.29) is 5.91 Å². The summed E-state index contributed by atoms with van der Waals surface area (Å²) in [7, 11) is 1.63. The number of likely N-dealkylation sites (N-methyl/N-ethyl adjacent to an activating group) is 1. The molecule has 1 N–H and O–H groups in total. The number of nitrogens with zero attached hydrogens (tertiary/aromatic N) is 2. The lowest BCUT2D eigenvalue weighted by molar-refractivity contribution is -0.132. The maximum Gasteiger partial charge on any atom is 0.250 e. The van der Waals surface area contributed by atoms with Crippen molar-refractivity contribution < 1.29 is 14.3 Å². The summed E-state index contributed by atoms with van der Waals surface area (Å²) in [5.74, 6) is 0.706. The van der Waals surface area contributed by atoms with Crippen molar-refractivity contribution in [3.8, 4) is 5.75 Å². The fourth-order valence-electron chi connectivity index (χ4n) is 2.93. The van der Waals surface area contributed by atoms with Gasteiger partial charge in [-0.3, -0.25) is 9.78 Å². The second-order valence-electron chi connectivity index (χ2n) is 5.75. The van der Waals surface area contributed by atoms with E-state index in [1.807, 2.05) is 24.3 Å². The van der Waals surface area contributed by atoms with Crippen molar-refractivity contribution in [3.63, 3.8) is 0 Å². The second-order valence-corrected chi connectivity index (χ2v) is 5.75. The first-order valence-corrected chi connectivity index (χ1v) is 8.33. The van der Waals surface area contributed by atoms with E-state index in [0.29, 0.717) is 19.8 Å². The smallest absolute Gasteiger partial charge is 0.250 e. The number of rotatable bonds is 5. The van der Waals surface area contributed by atoms with Gasteiger partial charge in [0.25, 0.3) is 5.91 Å². The first-order chi connectivity index (χ1) is 11.7. The summed E-state index contributed by atoms with van der Waals surface area (Å²) in [5, 5.41) is 3.68. The predicted molar refractivity (Wildman–Crippen MR) is 93.5 cm³/mol. The van der Waals surface area contributed by atoms with Crippen LogP contribution in [-0.4, -0.2) is 50.3 Å². The Bertz CT molecular complexity index is 720. The van der Waals surface area contributed by atoms with Gasteiger partial charge in [-0.1, -0.05) is 19.1 Å². The normalized spacial score (nSPS) is 17.8. The number of morpholine rings is 1. The molecule has 6 nitrogen and oxygen atoms in total. The number of pyridine rings is 1. The Morgan fingerprint density at radius 1 is 1.46 bits per heavy atom. The zero-order chi connectivity index (χ0) is 16.9. The third-order valence-electron chi connectivity index (χ3n) is 4.12. The van der Waals surface area contributed by atoms with Crippen LogP contribution in [0.15, 0.2) is 30.5 Å². The maximum atomic E-state index is 11.9. The van der Waals surface area contributed by atoms with E-state index in [1.54, 1.807) is 13.2 Å². The van der Waals surface area contributed by atoms with Crippen LogP contribution in [0.5, 0.6) is 5.75 Å². The average Bonchev–Trinajstić information content (AvgIpc) is 2.65. The van der Waals surface area contributed by atoms with E-state index in [1.165, 1.54) is 0 Å². The number of aromatic nitrogens is 1. The summed E-state index contributed by atoms with van der Waals surface area (Å²) in [4.78, 5) is 18.6. The minimum absolute atomic E-state index is 0.0926. The third-order valence-corrected chi connectivity index (χ3v) is 4.12. The van der Waals surface area contributed by atoms with Crippen LogP contribution in [0.3, 0.4) is 0 Å². The molecule has 1 aromatic heterocycles. The summed E-state index contributed by atoms with van der Waals surface area (Å²) in [6.07, 6.45) is 2.29. The van der Waals surface area contributed by atoms with Gasteiger partial charge in [-0.25, -0.2) is 0 Å². The minimum atomic E-state index is -0.452. The van der Waals surface area contributed by atoms with E-state index >= 15 is 0 Å². The van der Waals surface area contributed by atoms with Crippen molar-refractivity contribution in [2.45, 2.75) is 19.4 Å². The van der Waals surface area contributed by atoms with Gasteiger partial charge < -0.3 is 19.7 Å². The van der Waals surface area contributed by atoms with Crippen LogP contribution < -0.4 is 15.0 Å². The highest BCUT2D eigenvalue weighted by molar-refractivity contribution is 5.95. The van der Waals surface area contributed by atoms with Gasteiger partial charge in [0.05, 0.1) is 19.8 Å². The zero-order valence-electron chi connectivity index (χ0n) is 14.1. The fourth-order valence-corrected chi connectivity index (χ4v) is 2.93. The standard InChI is InChI=1S/C18H23N3O3/c1-3-10-23-15-6-4-5-13-14(7-8-20-17(13)15)21-9-11-24-16(12-21)18(22)19-2/h4-8,16H,3,9-12H2,1-2H3,(H,19,22)/t16-/m1/s1. The molecule has 0 spiro atoms. The molecule has 24 heavy (non-hydrogen) atoms. The highest BCUT2D eigenvalue weighted by Crippen LogP contribution is 2.32. The molecule has 1 amide bonds. The van der Waals surface area contributed by atoms with E-state index in [0.717, 1.165) is 35.3 Å². The molecule has 2 aromatic rings. The molecule has 0 radical (unpaired) electrons. The Labute approximate surface area is 141 Å². The Morgan fingerprint density at radius 3 is 3.12 bits per heavy atom. The number of carbonyl (C=O) groups excluding carboxylic acids is 1. The van der Waals surface area contributed by atoms with Gasteiger partial charge in [-0.15, -0.1) is 0 Å². The summed E-state index contributed by atoms with van der Waals surface area (Å²) >= 11 is 0. The van der Waals surface area contributed by atoms with Crippen molar-refractivity contribution in [1.82, 2.24) is 10.3 Å². The van der Waals surface area contributed by atoms with E-state index in [9.17, 15) is 4.79 Å². The van der Waals surface area contributed by atoms with Crippen molar-refractivity contribution in [1.29, 1.82) is 0 Å². The second kappa shape index (κ2) is 7.49. The number of anilines is 1. The number of carbonyl (C=O) groups is 1. The summed E-state index contributed by atoms with van der Waals surface area (Å²) in [5.41, 5.74) is 1.91. The molecule has 1 aromatic carbocycles. The first-order valence-electron chi connectivity index (χ1n) is 8.33. The quantitative estimate of drug-likeness (QED) is 0.909. The number of hydrogen-bond donors (Lipinski definition) is 1. The van der Waals surface area contributed by atoms with Gasteiger partial charge in [-0.2, -0.15) is 0 Å². The van der Waals surface area contributed by atoms with Crippen LogP contribution in [0.2, 0.25) is 0 Å². The molecule has 128 valence electrons. The molecule has 3 rings (SSSR count). The Hall–Kier alpha value is -2.34. The van der Waals surface area contributed by atoms with Crippen molar-refractivity contribution in [2.75, 3.05) is 38.3 Å². The summed E-state index contributed by atoms with van der Waals surface area (Å²) in [6.45, 7) is 4.54. The van der Waals surface area contributed by atoms with Crippen molar-refractivity contribution in [3.05, 3.63) is 30.5 Å². The third kappa shape index (κ3) is 3.28. The Kier molecular flexibility index (Phi) is 5.15. The number of nitrogens with one attached hydrogen (secondary N) is 1. The van der Waals surface area contributed by atoms with Crippen LogP contribution in [0.25, 0.3) is 10.9 Å². The van der Waals surface area contributed by atoms with Crippen molar-refractivity contribution in [2.24, 2.45) is 0 Å². The van der Waals surface area contributed by atoms with Crippen LogP contribution in [0.1, 0.15) is 13.3 Å². The molecule has 2 heterocycles. The predicted octanol–water partition coefficient (Wildman–Crippen LogP) is 1.97. The molecule has 1 saturated heterocycles. The van der Waals surface area contributed by atoms with Gasteiger partial charge in [-0.05, 0) is 18.6 Å². The maximum absolute atomic E-state index is 11.9. The number of hydrogen-bond acceptors (Lipinski definition) is 5. The molecule has 0 bridgehead atoms. The zero-order valence-corrected chi connectivity index (χ0v) is 14.1. The monoisotopic (exact) mass is 329 g/mol. The molecule has 6 heteroatoms. The number of para-hydroxylation sites is 1. The van der Waals surface area contributed by atoms with E-state index < -0.39 is 6.10 Å². The Balaban J connectivity index is 1.93. The number of fused-ring (bicyclic) bond motifs is 1. The Morgan fingerprint density at radius 2 is 2.33 bits per heavy atom. The van der Waals surface area contributed by atoms with Gasteiger partial charge in [0, 0.05) is 30.9 Å². The topological polar surface area (TPSA) is 63.7 Å². The van der Waals surface area contributed by atoms with E-state index in [4.69, 9.17) is 9.47 Å². The molecular formula is C18H23N3O3. The minimum Gasteiger partial charge on any atom is -0.491 e. The highest BCUT2D eigenvalue weighted by Gasteiger charge is 2.27. The fraction of sp³-hybridized carbons (Fsp3) is 0.444. The summed E-state index contributed by atoms with van der Waals surface area (Å²) < 4.78 is 11.4. The highest BCUT2D eigenvalue weighted by atomic mass is 16.5.